The molecule has 1 aromatic heterocycles. The number of hydrogen-bond acceptors (Lipinski definition) is 4. The van der Waals surface area contributed by atoms with Gasteiger partial charge in [0.05, 0.1) is 5.69 Å². The van der Waals surface area contributed by atoms with Gasteiger partial charge in [0, 0.05) is 19.5 Å². The van der Waals surface area contributed by atoms with Gasteiger partial charge in [-0.25, -0.2) is 4.98 Å². The first kappa shape index (κ1) is 15.4. The third-order valence-electron chi connectivity index (χ3n) is 2.37. The summed E-state index contributed by atoms with van der Waals surface area (Å²) in [5, 5.41) is 5.93. The van der Waals surface area contributed by atoms with Gasteiger partial charge in [0.2, 0.25) is 5.91 Å². The minimum Gasteiger partial charge on any atom is -0.388 e. The van der Waals surface area contributed by atoms with E-state index in [0.29, 0.717) is 36.9 Å². The van der Waals surface area contributed by atoms with Gasteiger partial charge in [0.1, 0.15) is 10.8 Å². The summed E-state index contributed by atoms with van der Waals surface area (Å²) in [5.41, 5.74) is 6.08. The zero-order chi connectivity index (χ0) is 14.3. The average Bonchev–Trinajstić information content (AvgIpc) is 2.36. The number of nitrogens with one attached hydrogen (secondary N) is 2. The summed E-state index contributed by atoms with van der Waals surface area (Å²) in [7, 11) is 0. The molecule has 19 heavy (non-hydrogen) atoms. The molecule has 0 aliphatic heterocycles. The molecule has 6 heteroatoms. The van der Waals surface area contributed by atoms with Crippen LogP contribution in [0.5, 0.6) is 0 Å². The van der Waals surface area contributed by atoms with E-state index in [1.54, 1.807) is 6.07 Å². The number of aromatic nitrogens is 1. The summed E-state index contributed by atoms with van der Waals surface area (Å²) in [6.45, 7) is 5.35. The van der Waals surface area contributed by atoms with Gasteiger partial charge in [-0.2, -0.15) is 0 Å². The van der Waals surface area contributed by atoms with Gasteiger partial charge in [-0.3, -0.25) is 4.79 Å². The molecule has 0 bridgehead atoms. The second-order valence-corrected chi connectivity index (χ2v) is 5.09. The first-order valence-corrected chi connectivity index (χ1v) is 6.67. The predicted molar refractivity (Wildman–Crippen MR) is 81.1 cm³/mol. The topological polar surface area (TPSA) is 80.0 Å². The number of carbonyl (C=O) groups is 1. The molecule has 0 saturated heterocycles. The number of carbonyl (C=O) groups excluding carboxylic acids is 1. The molecule has 1 heterocycles. The van der Waals surface area contributed by atoms with Crippen molar-refractivity contribution in [2.75, 3.05) is 18.4 Å². The Balaban J connectivity index is 2.35. The molecule has 1 aromatic rings. The molecule has 1 amide bonds. The number of rotatable bonds is 7. The van der Waals surface area contributed by atoms with E-state index in [1.165, 1.54) is 0 Å². The largest absolute Gasteiger partial charge is 0.388 e. The van der Waals surface area contributed by atoms with Gasteiger partial charge in [-0.1, -0.05) is 32.1 Å². The van der Waals surface area contributed by atoms with Gasteiger partial charge in [-0.15, -0.1) is 0 Å². The van der Waals surface area contributed by atoms with Crippen molar-refractivity contribution in [1.29, 1.82) is 0 Å². The van der Waals surface area contributed by atoms with Crippen molar-refractivity contribution in [1.82, 2.24) is 10.3 Å². The fourth-order valence-corrected chi connectivity index (χ4v) is 1.49. The second-order valence-electron chi connectivity index (χ2n) is 4.65. The van der Waals surface area contributed by atoms with E-state index >= 15 is 0 Å². The summed E-state index contributed by atoms with van der Waals surface area (Å²) in [6.07, 6.45) is 0.408. The molecule has 0 aliphatic rings. The molecule has 0 aromatic carbocycles. The fraction of sp³-hybridized carbons (Fsp3) is 0.462. The van der Waals surface area contributed by atoms with Crippen LogP contribution >= 0.6 is 12.2 Å². The third kappa shape index (κ3) is 6.15. The minimum absolute atomic E-state index is 0.0340. The monoisotopic (exact) mass is 280 g/mol. The van der Waals surface area contributed by atoms with E-state index in [1.807, 2.05) is 12.1 Å². The number of thiocarbonyl (C=S) groups is 1. The normalized spacial score (nSPS) is 10.3. The smallest absolute Gasteiger partial charge is 0.221 e. The number of anilines is 1. The van der Waals surface area contributed by atoms with Crippen LogP contribution in [0.1, 0.15) is 26.0 Å². The molecule has 5 nitrogen and oxygen atoms in total. The van der Waals surface area contributed by atoms with Crippen LogP contribution in [0.15, 0.2) is 18.2 Å². The first-order valence-electron chi connectivity index (χ1n) is 6.26. The highest BCUT2D eigenvalue weighted by Crippen LogP contribution is 2.04. The average molecular weight is 280 g/mol. The fourth-order valence-electron chi connectivity index (χ4n) is 1.38. The number of hydrogen-bond donors (Lipinski definition) is 3. The summed E-state index contributed by atoms with van der Waals surface area (Å²) < 4.78 is 0. The maximum Gasteiger partial charge on any atom is 0.221 e. The summed E-state index contributed by atoms with van der Waals surface area (Å²) >= 11 is 4.86. The Morgan fingerprint density at radius 3 is 2.84 bits per heavy atom. The van der Waals surface area contributed by atoms with Crippen LogP contribution in [0.25, 0.3) is 0 Å². The Morgan fingerprint density at radius 2 is 2.21 bits per heavy atom. The van der Waals surface area contributed by atoms with Crippen LogP contribution in [0.2, 0.25) is 0 Å². The lowest BCUT2D eigenvalue weighted by Crippen LogP contribution is -2.28. The van der Waals surface area contributed by atoms with Crippen LogP contribution in [0.3, 0.4) is 0 Å². The molecule has 104 valence electrons. The van der Waals surface area contributed by atoms with Crippen LogP contribution in [0.4, 0.5) is 5.82 Å². The van der Waals surface area contributed by atoms with Crippen LogP contribution in [-0.2, 0) is 4.79 Å². The maximum absolute atomic E-state index is 11.5. The predicted octanol–water partition coefficient (Wildman–Crippen LogP) is 1.29. The maximum atomic E-state index is 11.5. The van der Waals surface area contributed by atoms with Crippen molar-refractivity contribution in [3.63, 3.8) is 0 Å². The lowest BCUT2D eigenvalue weighted by atomic mass is 10.2. The van der Waals surface area contributed by atoms with E-state index in [2.05, 4.69) is 29.5 Å². The van der Waals surface area contributed by atoms with E-state index in [0.717, 1.165) is 0 Å². The molecule has 0 fully saturated rings. The van der Waals surface area contributed by atoms with Crippen molar-refractivity contribution in [3.8, 4) is 0 Å². The molecule has 0 unspecified atom stereocenters. The van der Waals surface area contributed by atoms with Crippen LogP contribution in [0, 0.1) is 5.92 Å². The number of nitrogens with two attached hydrogens (primary N) is 1. The lowest BCUT2D eigenvalue weighted by molar-refractivity contribution is -0.120. The van der Waals surface area contributed by atoms with Gasteiger partial charge in [-0.05, 0) is 18.1 Å². The van der Waals surface area contributed by atoms with Gasteiger partial charge in [0.25, 0.3) is 0 Å². The molecular formula is C13H20N4OS. The zero-order valence-electron chi connectivity index (χ0n) is 11.3. The van der Waals surface area contributed by atoms with Crippen molar-refractivity contribution < 1.29 is 4.79 Å². The quantitative estimate of drug-likeness (QED) is 0.656. The Labute approximate surface area is 119 Å². The van der Waals surface area contributed by atoms with E-state index in [9.17, 15) is 4.79 Å². The standard InChI is InChI=1S/C13H20N4OS/c1-9(2)8-16-12(18)6-7-15-11-5-3-4-10(17-11)13(14)19/h3-5,9H,6-8H2,1-2H3,(H2,14,19)(H,15,17)(H,16,18). The molecular weight excluding hydrogens is 260 g/mol. The van der Waals surface area contributed by atoms with Gasteiger partial charge >= 0.3 is 0 Å². The summed E-state index contributed by atoms with van der Waals surface area (Å²) in [5.74, 6) is 1.16. The SMILES string of the molecule is CC(C)CNC(=O)CCNc1cccc(C(N)=S)n1. The molecule has 0 aliphatic carbocycles. The minimum atomic E-state index is 0.0340. The zero-order valence-corrected chi connectivity index (χ0v) is 12.1. The van der Waals surface area contributed by atoms with Crippen LogP contribution in [-0.4, -0.2) is 29.0 Å². The Kier molecular flexibility index (Phi) is 6.21. The molecule has 1 rings (SSSR count). The van der Waals surface area contributed by atoms with E-state index in [4.69, 9.17) is 18.0 Å². The van der Waals surface area contributed by atoms with E-state index < -0.39 is 0 Å². The molecule has 4 N–H and O–H groups in total. The molecule has 0 atom stereocenters. The van der Waals surface area contributed by atoms with Crippen molar-refractivity contribution in [3.05, 3.63) is 23.9 Å². The second kappa shape index (κ2) is 7.68. The summed E-state index contributed by atoms with van der Waals surface area (Å²) in [4.78, 5) is 16.0. The summed E-state index contributed by atoms with van der Waals surface area (Å²) in [6, 6.07) is 5.39. The molecule has 0 spiro atoms. The highest BCUT2D eigenvalue weighted by molar-refractivity contribution is 7.80. The number of amides is 1. The highest BCUT2D eigenvalue weighted by atomic mass is 32.1. The molecule has 0 saturated carbocycles. The lowest BCUT2D eigenvalue weighted by Gasteiger charge is -2.09. The van der Waals surface area contributed by atoms with Gasteiger partial charge < -0.3 is 16.4 Å². The Morgan fingerprint density at radius 1 is 1.47 bits per heavy atom. The number of pyridine rings is 1. The van der Waals surface area contributed by atoms with Crippen LogP contribution < -0.4 is 16.4 Å². The Hall–Kier alpha value is -1.69. The van der Waals surface area contributed by atoms with Crippen molar-refractivity contribution in [2.45, 2.75) is 20.3 Å². The third-order valence-corrected chi connectivity index (χ3v) is 2.58. The first-order chi connectivity index (χ1) is 8.99. The Bertz CT molecular complexity index is 448. The van der Waals surface area contributed by atoms with Crippen molar-refractivity contribution in [2.24, 2.45) is 11.7 Å². The molecule has 0 radical (unpaired) electrons. The highest BCUT2D eigenvalue weighted by Gasteiger charge is 2.03. The van der Waals surface area contributed by atoms with Gasteiger partial charge in [0.15, 0.2) is 0 Å². The van der Waals surface area contributed by atoms with E-state index in [-0.39, 0.29) is 10.9 Å². The number of nitrogens with zero attached hydrogens (tertiary/aromatic N) is 1. The van der Waals surface area contributed by atoms with Crippen molar-refractivity contribution >= 4 is 28.9 Å².